The molecule has 0 unspecified atom stereocenters. The van der Waals surface area contributed by atoms with Crippen molar-refractivity contribution in [1.82, 2.24) is 4.57 Å². The molecule has 0 bridgehead atoms. The van der Waals surface area contributed by atoms with Crippen molar-refractivity contribution in [3.8, 4) is 17.0 Å². The number of nitro benzene ring substituents is 1. The van der Waals surface area contributed by atoms with Gasteiger partial charge in [-0.3, -0.25) is 14.7 Å². The SMILES string of the molecule is O=[N+]([O-])c1cccc(-n2cc(-c3ccc(Cl)cc3Cl)oc2=S)c1. The Labute approximate surface area is 145 Å². The minimum atomic E-state index is -0.468. The van der Waals surface area contributed by atoms with Crippen LogP contribution in [0.1, 0.15) is 0 Å². The van der Waals surface area contributed by atoms with Crippen LogP contribution >= 0.6 is 35.4 Å². The fourth-order valence-electron chi connectivity index (χ4n) is 2.09. The van der Waals surface area contributed by atoms with Crippen LogP contribution in [0.4, 0.5) is 5.69 Å². The highest BCUT2D eigenvalue weighted by Crippen LogP contribution is 2.32. The summed E-state index contributed by atoms with van der Waals surface area (Å²) in [4.78, 5) is 10.6. The summed E-state index contributed by atoms with van der Waals surface area (Å²) in [5.74, 6) is 0.447. The fourth-order valence-corrected chi connectivity index (χ4v) is 2.84. The summed E-state index contributed by atoms with van der Waals surface area (Å²) in [6.07, 6.45) is 1.64. The summed E-state index contributed by atoms with van der Waals surface area (Å²) < 4.78 is 7.10. The molecule has 0 aliphatic heterocycles. The number of oxazole rings is 1. The van der Waals surface area contributed by atoms with Crippen molar-refractivity contribution < 1.29 is 9.34 Å². The van der Waals surface area contributed by atoms with E-state index in [4.69, 9.17) is 39.8 Å². The van der Waals surface area contributed by atoms with Crippen LogP contribution in [0.2, 0.25) is 10.0 Å². The monoisotopic (exact) mass is 366 g/mol. The van der Waals surface area contributed by atoms with Crippen molar-refractivity contribution in [2.75, 3.05) is 0 Å². The van der Waals surface area contributed by atoms with E-state index in [-0.39, 0.29) is 10.5 Å². The molecular formula is C15H8Cl2N2O3S. The lowest BCUT2D eigenvalue weighted by Crippen LogP contribution is -1.94. The second-order valence-corrected chi connectivity index (χ2v) is 5.83. The topological polar surface area (TPSA) is 61.2 Å². The van der Waals surface area contributed by atoms with Gasteiger partial charge in [0.05, 0.1) is 21.8 Å². The van der Waals surface area contributed by atoms with E-state index in [2.05, 4.69) is 0 Å². The lowest BCUT2D eigenvalue weighted by atomic mass is 10.2. The zero-order chi connectivity index (χ0) is 16.6. The molecule has 1 heterocycles. The summed E-state index contributed by atoms with van der Waals surface area (Å²) in [7, 11) is 0. The molecule has 5 nitrogen and oxygen atoms in total. The Hall–Kier alpha value is -2.15. The fraction of sp³-hybridized carbons (Fsp3) is 0. The molecule has 8 heteroatoms. The Morgan fingerprint density at radius 2 is 1.96 bits per heavy atom. The number of aromatic nitrogens is 1. The van der Waals surface area contributed by atoms with Crippen molar-refractivity contribution in [1.29, 1.82) is 0 Å². The quantitative estimate of drug-likeness (QED) is 0.339. The van der Waals surface area contributed by atoms with Crippen LogP contribution in [0, 0.1) is 15.0 Å². The Kier molecular flexibility index (Phi) is 4.21. The number of hydrogen-bond donors (Lipinski definition) is 0. The molecule has 0 saturated heterocycles. The molecule has 0 saturated carbocycles. The highest BCUT2D eigenvalue weighted by atomic mass is 35.5. The number of non-ortho nitro benzene ring substituents is 1. The summed E-state index contributed by atoms with van der Waals surface area (Å²) in [5.41, 5.74) is 1.13. The molecule has 0 fully saturated rings. The summed E-state index contributed by atoms with van der Waals surface area (Å²) >= 11 is 17.2. The summed E-state index contributed by atoms with van der Waals surface area (Å²) in [6, 6.07) is 11.1. The maximum absolute atomic E-state index is 10.9. The third kappa shape index (κ3) is 3.14. The number of hydrogen-bond acceptors (Lipinski definition) is 4. The van der Waals surface area contributed by atoms with Crippen LogP contribution in [0.15, 0.2) is 53.1 Å². The summed E-state index contributed by atoms with van der Waals surface area (Å²) in [6.45, 7) is 0. The number of nitro groups is 1. The van der Waals surface area contributed by atoms with Gasteiger partial charge in [0, 0.05) is 22.7 Å². The largest absolute Gasteiger partial charge is 0.429 e. The van der Waals surface area contributed by atoms with E-state index in [0.29, 0.717) is 27.1 Å². The standard InChI is InChI=1S/C15H8Cl2N2O3S/c16-9-4-5-12(13(17)6-9)14-8-18(15(23)22-14)10-2-1-3-11(7-10)19(20)21/h1-8H. The molecule has 0 radical (unpaired) electrons. The molecule has 3 rings (SSSR count). The van der Waals surface area contributed by atoms with Crippen LogP contribution in [-0.4, -0.2) is 9.49 Å². The van der Waals surface area contributed by atoms with E-state index >= 15 is 0 Å². The predicted molar refractivity (Wildman–Crippen MR) is 91.0 cm³/mol. The van der Waals surface area contributed by atoms with Gasteiger partial charge in [-0.25, -0.2) is 0 Å². The predicted octanol–water partition coefficient (Wildman–Crippen LogP) is 5.68. The molecule has 0 N–H and O–H groups in total. The van der Waals surface area contributed by atoms with Gasteiger partial charge in [-0.2, -0.15) is 0 Å². The van der Waals surface area contributed by atoms with Crippen molar-refractivity contribution in [3.05, 3.63) is 73.7 Å². The maximum Gasteiger partial charge on any atom is 0.273 e. The average Bonchev–Trinajstić information content (AvgIpc) is 2.89. The van der Waals surface area contributed by atoms with Crippen LogP contribution in [0.25, 0.3) is 17.0 Å². The maximum atomic E-state index is 10.9. The van der Waals surface area contributed by atoms with Gasteiger partial charge >= 0.3 is 0 Å². The van der Waals surface area contributed by atoms with E-state index in [1.54, 1.807) is 41.1 Å². The smallest absolute Gasteiger partial charge is 0.273 e. The molecular weight excluding hydrogens is 359 g/mol. The number of halogens is 2. The van der Waals surface area contributed by atoms with Gasteiger partial charge < -0.3 is 4.42 Å². The first-order valence-corrected chi connectivity index (χ1v) is 7.55. The second kappa shape index (κ2) is 6.16. The molecule has 0 amide bonds. The number of nitrogens with zero attached hydrogens (tertiary/aromatic N) is 2. The minimum Gasteiger partial charge on any atom is -0.429 e. The van der Waals surface area contributed by atoms with E-state index in [9.17, 15) is 10.1 Å². The number of benzene rings is 2. The van der Waals surface area contributed by atoms with E-state index in [1.165, 1.54) is 12.1 Å². The highest BCUT2D eigenvalue weighted by Gasteiger charge is 2.13. The zero-order valence-corrected chi connectivity index (χ0v) is 13.7. The van der Waals surface area contributed by atoms with Gasteiger partial charge in [0.15, 0.2) is 5.76 Å². The van der Waals surface area contributed by atoms with Crippen LogP contribution in [0.3, 0.4) is 0 Å². The Morgan fingerprint density at radius 1 is 1.17 bits per heavy atom. The van der Waals surface area contributed by atoms with Crippen LogP contribution < -0.4 is 0 Å². The van der Waals surface area contributed by atoms with Gasteiger partial charge in [0.1, 0.15) is 0 Å². The normalized spacial score (nSPS) is 10.7. The van der Waals surface area contributed by atoms with E-state index < -0.39 is 4.92 Å². The van der Waals surface area contributed by atoms with Crippen molar-refractivity contribution in [3.63, 3.8) is 0 Å². The van der Waals surface area contributed by atoms with Gasteiger partial charge in [0.25, 0.3) is 10.5 Å². The Bertz CT molecular complexity index is 965. The third-order valence-electron chi connectivity index (χ3n) is 3.16. The lowest BCUT2D eigenvalue weighted by Gasteiger charge is -2.01. The molecule has 116 valence electrons. The molecule has 0 spiro atoms. The molecule has 23 heavy (non-hydrogen) atoms. The van der Waals surface area contributed by atoms with Crippen LogP contribution in [0.5, 0.6) is 0 Å². The summed E-state index contributed by atoms with van der Waals surface area (Å²) in [5, 5.41) is 11.8. The molecule has 0 aliphatic rings. The molecule has 0 atom stereocenters. The first kappa shape index (κ1) is 15.7. The Balaban J connectivity index is 2.10. The molecule has 2 aromatic carbocycles. The average molecular weight is 367 g/mol. The zero-order valence-electron chi connectivity index (χ0n) is 11.4. The van der Waals surface area contributed by atoms with Gasteiger partial charge in [0.2, 0.25) is 0 Å². The highest BCUT2D eigenvalue weighted by molar-refractivity contribution is 7.71. The van der Waals surface area contributed by atoms with E-state index in [0.717, 1.165) is 0 Å². The molecule has 1 aromatic heterocycles. The third-order valence-corrected chi connectivity index (χ3v) is 3.98. The second-order valence-electron chi connectivity index (χ2n) is 4.63. The van der Waals surface area contributed by atoms with Crippen molar-refractivity contribution in [2.45, 2.75) is 0 Å². The number of rotatable bonds is 3. The van der Waals surface area contributed by atoms with Gasteiger partial charge in [-0.1, -0.05) is 29.3 Å². The Morgan fingerprint density at radius 3 is 2.65 bits per heavy atom. The minimum absolute atomic E-state index is 0.0309. The lowest BCUT2D eigenvalue weighted by molar-refractivity contribution is -0.384. The van der Waals surface area contributed by atoms with Crippen molar-refractivity contribution in [2.24, 2.45) is 0 Å². The first-order valence-electron chi connectivity index (χ1n) is 6.38. The molecule has 3 aromatic rings. The van der Waals surface area contributed by atoms with Crippen LogP contribution in [-0.2, 0) is 0 Å². The van der Waals surface area contributed by atoms with Gasteiger partial charge in [-0.05, 0) is 36.5 Å². The van der Waals surface area contributed by atoms with E-state index in [1.807, 2.05) is 0 Å². The van der Waals surface area contributed by atoms with Gasteiger partial charge in [-0.15, -0.1) is 0 Å². The first-order chi connectivity index (χ1) is 11.0. The molecule has 0 aliphatic carbocycles. The van der Waals surface area contributed by atoms with Crippen molar-refractivity contribution >= 4 is 41.1 Å².